The van der Waals surface area contributed by atoms with Crippen LogP contribution in [0.3, 0.4) is 0 Å². The van der Waals surface area contributed by atoms with E-state index in [1.54, 1.807) is 85.1 Å². The summed E-state index contributed by atoms with van der Waals surface area (Å²) in [6.45, 7) is 0. The molecule has 43 heavy (non-hydrogen) atoms. The van der Waals surface area contributed by atoms with Gasteiger partial charge in [0.25, 0.3) is 0 Å². The number of carbonyl (C=O) groups excluding carboxylic acids is 3. The fourth-order valence-corrected chi connectivity index (χ4v) is 7.12. The van der Waals surface area contributed by atoms with E-state index < -0.39 is 23.4 Å². The Morgan fingerprint density at radius 3 is 2.07 bits per heavy atom. The molecule has 3 atom stereocenters. The molecule has 2 heterocycles. The second-order valence-corrected chi connectivity index (χ2v) is 10.9. The Balaban J connectivity index is 1.54. The normalized spacial score (nSPS) is 20.9. The summed E-state index contributed by atoms with van der Waals surface area (Å²) in [5, 5.41) is 6.48. The van der Waals surface area contributed by atoms with Gasteiger partial charge in [-0.15, -0.1) is 0 Å². The van der Waals surface area contributed by atoms with Crippen LogP contribution in [0.5, 0.6) is 17.2 Å². The summed E-state index contributed by atoms with van der Waals surface area (Å²) in [6.07, 6.45) is 1.70. The zero-order chi connectivity index (χ0) is 29.9. The third-order valence-corrected chi connectivity index (χ3v) is 8.99. The van der Waals surface area contributed by atoms with Crippen molar-refractivity contribution in [1.29, 1.82) is 0 Å². The van der Waals surface area contributed by atoms with Gasteiger partial charge in [-0.2, -0.15) is 5.10 Å². The number of carbonyl (C=O) groups is 3. The Hall–Kier alpha value is -5.24. The molecule has 1 fully saturated rings. The van der Waals surface area contributed by atoms with E-state index in [1.807, 2.05) is 24.3 Å². The van der Waals surface area contributed by atoms with Gasteiger partial charge in [0.1, 0.15) is 17.2 Å². The minimum absolute atomic E-state index is 0.266. The lowest BCUT2D eigenvalue weighted by atomic mass is 9.63. The van der Waals surface area contributed by atoms with Gasteiger partial charge in [-0.05, 0) is 53.1 Å². The van der Waals surface area contributed by atoms with Crippen molar-refractivity contribution in [1.82, 2.24) is 5.01 Å². The van der Waals surface area contributed by atoms with Crippen LogP contribution in [0, 0.1) is 5.41 Å². The lowest BCUT2D eigenvalue weighted by molar-refractivity contribution is 0.0586. The van der Waals surface area contributed by atoms with Crippen LogP contribution in [-0.4, -0.2) is 55.9 Å². The Bertz CT molecular complexity index is 1790. The molecule has 7 rings (SSSR count). The van der Waals surface area contributed by atoms with Gasteiger partial charge < -0.3 is 14.2 Å². The molecule has 1 saturated heterocycles. The van der Waals surface area contributed by atoms with Crippen LogP contribution in [0.1, 0.15) is 59.7 Å². The highest BCUT2D eigenvalue weighted by molar-refractivity contribution is 6.31. The Morgan fingerprint density at radius 1 is 0.767 bits per heavy atom. The van der Waals surface area contributed by atoms with Crippen molar-refractivity contribution in [2.24, 2.45) is 10.5 Å². The van der Waals surface area contributed by atoms with Gasteiger partial charge >= 0.3 is 0 Å². The van der Waals surface area contributed by atoms with Gasteiger partial charge in [-0.1, -0.05) is 54.6 Å². The highest BCUT2D eigenvalue weighted by atomic mass is 16.5. The average molecular weight is 573 g/mol. The summed E-state index contributed by atoms with van der Waals surface area (Å²) in [7, 11) is 4.62. The maximum atomic E-state index is 14.9. The second kappa shape index (κ2) is 9.94. The third-order valence-electron chi connectivity index (χ3n) is 8.99. The molecular formula is C35H28N2O6. The number of hydrogen-bond acceptors (Lipinski definition) is 8. The second-order valence-electron chi connectivity index (χ2n) is 10.9. The fraction of sp³-hybridized carbons (Fsp3) is 0.200. The molecule has 4 aromatic carbocycles. The summed E-state index contributed by atoms with van der Waals surface area (Å²) >= 11 is 0. The van der Waals surface area contributed by atoms with Crippen LogP contribution in [0.2, 0.25) is 0 Å². The van der Waals surface area contributed by atoms with Gasteiger partial charge in [-0.3, -0.25) is 19.4 Å². The molecule has 0 bridgehead atoms. The lowest BCUT2D eigenvalue weighted by Crippen LogP contribution is -2.43. The van der Waals surface area contributed by atoms with Crippen molar-refractivity contribution in [3.05, 3.63) is 124 Å². The van der Waals surface area contributed by atoms with E-state index in [4.69, 9.17) is 19.3 Å². The number of nitrogens with zero attached hydrogens (tertiary/aromatic N) is 2. The minimum atomic E-state index is -1.68. The maximum Gasteiger partial charge on any atom is 0.187 e. The van der Waals surface area contributed by atoms with E-state index in [2.05, 4.69) is 0 Å². The van der Waals surface area contributed by atoms with Crippen molar-refractivity contribution in [3.63, 3.8) is 0 Å². The predicted molar refractivity (Wildman–Crippen MR) is 160 cm³/mol. The lowest BCUT2D eigenvalue weighted by Gasteiger charge is -2.36. The van der Waals surface area contributed by atoms with E-state index in [1.165, 1.54) is 14.2 Å². The number of benzene rings is 4. The molecule has 1 unspecified atom stereocenters. The van der Waals surface area contributed by atoms with Crippen LogP contribution in [0.25, 0.3) is 0 Å². The first kappa shape index (κ1) is 26.6. The van der Waals surface area contributed by atoms with Crippen molar-refractivity contribution in [2.45, 2.75) is 18.0 Å². The number of Topliss-reactive ketones (excluding diaryl/α,β-unsaturated/α-hetero) is 3. The molecular weight excluding hydrogens is 544 g/mol. The first-order valence-electron chi connectivity index (χ1n) is 14.0. The summed E-state index contributed by atoms with van der Waals surface area (Å²) in [6, 6.07) is 24.8. The predicted octanol–water partition coefficient (Wildman–Crippen LogP) is 5.52. The largest absolute Gasteiger partial charge is 0.497 e. The van der Waals surface area contributed by atoms with E-state index >= 15 is 0 Å². The van der Waals surface area contributed by atoms with Gasteiger partial charge in [-0.25, -0.2) is 0 Å². The first-order chi connectivity index (χ1) is 20.9. The van der Waals surface area contributed by atoms with Gasteiger partial charge in [0.2, 0.25) is 0 Å². The third kappa shape index (κ3) is 3.62. The van der Waals surface area contributed by atoms with Crippen LogP contribution < -0.4 is 14.2 Å². The molecule has 4 aromatic rings. The first-order valence-corrected chi connectivity index (χ1v) is 14.0. The molecule has 214 valence electrons. The highest BCUT2D eigenvalue weighted by Crippen LogP contribution is 2.65. The number of methoxy groups -OCH3 is 3. The minimum Gasteiger partial charge on any atom is -0.497 e. The van der Waals surface area contributed by atoms with Gasteiger partial charge in [0.15, 0.2) is 28.8 Å². The molecule has 1 spiro atoms. The molecule has 0 saturated carbocycles. The van der Waals surface area contributed by atoms with Crippen LogP contribution in [0.15, 0.2) is 96.1 Å². The van der Waals surface area contributed by atoms with Crippen LogP contribution >= 0.6 is 0 Å². The standard InChI is InChI=1S/C35H28N2O6/c1-41-23-15-12-20(13-16-23)31(38)30-29(21-14-17-27(42-2)28(18-21)43-3)35(33(39)25-10-6-7-11-26(25)34(35)40)32-24-9-5-4-8-22(24)19-36-37(30)32/h4-19,29-30,32H,1-3H3/t29-,30+,32?/m1/s1. The fourth-order valence-electron chi connectivity index (χ4n) is 7.12. The Labute approximate surface area is 248 Å². The zero-order valence-electron chi connectivity index (χ0n) is 23.8. The maximum absolute atomic E-state index is 14.9. The summed E-state index contributed by atoms with van der Waals surface area (Å²) in [5.41, 5.74) is 1.60. The number of rotatable bonds is 6. The molecule has 3 aliphatic rings. The SMILES string of the molecule is COc1ccc(C(=O)[C@@H]2[C@@H](c3ccc(OC)c(OC)c3)C3(C(=O)c4ccccc4C3=O)C3c4ccccc4C=NN32)cc1. The topological polar surface area (TPSA) is 94.5 Å². The summed E-state index contributed by atoms with van der Waals surface area (Å²) < 4.78 is 16.5. The van der Waals surface area contributed by atoms with Gasteiger partial charge in [0, 0.05) is 22.6 Å². The average Bonchev–Trinajstić information content (AvgIpc) is 3.50. The molecule has 8 heteroatoms. The van der Waals surface area contributed by atoms with Crippen molar-refractivity contribution < 1.29 is 28.6 Å². The molecule has 1 aliphatic carbocycles. The number of ketones is 3. The zero-order valence-corrected chi connectivity index (χ0v) is 23.8. The quantitative estimate of drug-likeness (QED) is 0.222. The van der Waals surface area contributed by atoms with Crippen LogP contribution in [-0.2, 0) is 0 Å². The van der Waals surface area contributed by atoms with E-state index in [0.717, 1.165) is 11.1 Å². The Morgan fingerprint density at radius 2 is 1.42 bits per heavy atom. The molecule has 2 aliphatic heterocycles. The highest BCUT2D eigenvalue weighted by Gasteiger charge is 2.72. The summed E-state index contributed by atoms with van der Waals surface area (Å²) in [5.74, 6) is -0.297. The smallest absolute Gasteiger partial charge is 0.187 e. The van der Waals surface area contributed by atoms with Crippen molar-refractivity contribution >= 4 is 23.6 Å². The number of hydrazone groups is 1. The number of hydrogen-bond donors (Lipinski definition) is 0. The van der Waals surface area contributed by atoms with Crippen molar-refractivity contribution in [3.8, 4) is 17.2 Å². The number of fused-ring (bicyclic) bond motifs is 5. The molecule has 8 nitrogen and oxygen atoms in total. The van der Waals surface area contributed by atoms with Crippen molar-refractivity contribution in [2.75, 3.05) is 21.3 Å². The number of ether oxygens (including phenoxy) is 3. The Kier molecular flexibility index (Phi) is 6.16. The monoisotopic (exact) mass is 572 g/mol. The van der Waals surface area contributed by atoms with E-state index in [-0.39, 0.29) is 17.3 Å². The van der Waals surface area contributed by atoms with E-state index in [9.17, 15) is 14.4 Å². The molecule has 0 aromatic heterocycles. The van der Waals surface area contributed by atoms with Gasteiger partial charge in [0.05, 0.1) is 33.6 Å². The summed E-state index contributed by atoms with van der Waals surface area (Å²) in [4.78, 5) is 44.4. The molecule has 0 radical (unpaired) electrons. The molecule has 0 N–H and O–H groups in total. The molecule has 0 amide bonds. The van der Waals surface area contributed by atoms with Crippen LogP contribution in [0.4, 0.5) is 0 Å². The van der Waals surface area contributed by atoms with E-state index in [0.29, 0.717) is 39.5 Å².